The first-order valence-electron chi connectivity index (χ1n) is 19.1. The molecule has 6 heterocycles. The summed E-state index contributed by atoms with van der Waals surface area (Å²) in [5.74, 6) is 1.87. The van der Waals surface area contributed by atoms with E-state index in [4.69, 9.17) is 9.97 Å². The van der Waals surface area contributed by atoms with Crippen molar-refractivity contribution in [3.63, 3.8) is 0 Å². The molecule has 7 aromatic carbocycles. The van der Waals surface area contributed by atoms with Crippen LogP contribution in [0.15, 0.2) is 170 Å². The van der Waals surface area contributed by atoms with E-state index in [0.29, 0.717) is 0 Å². The van der Waals surface area contributed by atoms with Crippen molar-refractivity contribution in [2.24, 2.45) is 0 Å². The summed E-state index contributed by atoms with van der Waals surface area (Å²) in [7, 11) is 0. The molecule has 13 rings (SSSR count). The van der Waals surface area contributed by atoms with Gasteiger partial charge in [0.15, 0.2) is 0 Å². The molecule has 1 aromatic heterocycles. The number of halogens is 1. The quantitative estimate of drug-likeness (QED) is 0.100. The standard InChI is InChI=1S/C48H36IN6/c1-47-35-23-11-15-27-39(35)55-44-43(50-37-25-13-14-26-38(37)51-44)53(34-21-7-4-8-22-34)45(55)48(47,2)49(47)36-24-12-16-28-40(36)54-42-30-32-18-10-9-17-31(32)29-41(42)52(46(49)54)33-19-5-3-6-20-33/h3-30,45-46H,1-2H3/q-1. The number of fused-ring (bicyclic) bond motifs is 19. The molecule has 5 unspecified atom stereocenters. The third-order valence-electron chi connectivity index (χ3n) is 13.3. The number of nitrogens with zero attached hydrogens (tertiary/aromatic N) is 6. The van der Waals surface area contributed by atoms with Crippen molar-refractivity contribution >= 4 is 67.6 Å². The van der Waals surface area contributed by atoms with Crippen molar-refractivity contribution in [1.82, 2.24) is 9.97 Å². The Bertz CT molecular complexity index is 2900. The number of aromatic nitrogens is 2. The first-order chi connectivity index (χ1) is 27.1. The SMILES string of the molecule is CC12c3ccccc3N3c4nc5ccccc5nc4N(c4ccccc4)C3C1(C)[I-]21c2ccccc2N2c3cc4ccccc4cc3N(c3ccccc3)C21. The second-order valence-electron chi connectivity index (χ2n) is 15.5. The second-order valence-corrected chi connectivity index (χ2v) is 25.7. The number of hydrogen-bond acceptors (Lipinski definition) is 6. The summed E-state index contributed by atoms with van der Waals surface area (Å²) in [5, 5.41) is 2.54. The van der Waals surface area contributed by atoms with E-state index in [0.717, 1.165) is 28.4 Å². The molecule has 55 heavy (non-hydrogen) atoms. The van der Waals surface area contributed by atoms with Crippen molar-refractivity contribution in [2.75, 3.05) is 19.6 Å². The molecule has 266 valence electrons. The van der Waals surface area contributed by atoms with Crippen molar-refractivity contribution in [3.05, 3.63) is 179 Å². The second kappa shape index (κ2) is 10.2. The van der Waals surface area contributed by atoms with Gasteiger partial charge in [-0.15, -0.1) is 0 Å². The van der Waals surface area contributed by atoms with E-state index in [9.17, 15) is 0 Å². The molecular weight excluding hydrogens is 787 g/mol. The Morgan fingerprint density at radius 2 is 0.982 bits per heavy atom. The van der Waals surface area contributed by atoms with E-state index in [1.807, 2.05) is 0 Å². The van der Waals surface area contributed by atoms with Crippen LogP contribution in [0.25, 0.3) is 21.8 Å². The van der Waals surface area contributed by atoms with Crippen molar-refractivity contribution < 1.29 is 18.4 Å². The monoisotopic (exact) mass is 823 g/mol. The summed E-state index contributed by atoms with van der Waals surface area (Å²) in [5.41, 5.74) is 10.9. The number of para-hydroxylation sites is 6. The van der Waals surface area contributed by atoms with Gasteiger partial charge in [-0.1, -0.05) is 0 Å². The van der Waals surface area contributed by atoms with Crippen LogP contribution in [-0.4, -0.2) is 23.7 Å². The van der Waals surface area contributed by atoms with Crippen LogP contribution in [0.5, 0.6) is 0 Å². The number of benzene rings is 7. The van der Waals surface area contributed by atoms with Crippen LogP contribution in [-0.2, 0) is 3.42 Å². The molecule has 0 aliphatic carbocycles. The minimum atomic E-state index is -3.52. The Kier molecular flexibility index (Phi) is 5.65. The van der Waals surface area contributed by atoms with Crippen LogP contribution in [0.3, 0.4) is 0 Å². The Labute approximate surface area is 323 Å². The Hall–Kier alpha value is -5.93. The molecule has 5 atom stereocenters. The Morgan fingerprint density at radius 3 is 1.65 bits per heavy atom. The number of alkyl halides is 3. The van der Waals surface area contributed by atoms with Crippen molar-refractivity contribution in [3.8, 4) is 0 Å². The van der Waals surface area contributed by atoms with Crippen molar-refractivity contribution in [2.45, 2.75) is 31.0 Å². The Balaban J connectivity index is 1.15. The maximum absolute atomic E-state index is 5.49. The molecule has 5 aliphatic rings. The van der Waals surface area contributed by atoms with Gasteiger partial charge in [0.2, 0.25) is 0 Å². The molecule has 0 amide bonds. The number of rotatable bonds is 2. The van der Waals surface area contributed by atoms with Crippen LogP contribution < -0.4 is 38.0 Å². The Morgan fingerprint density at radius 1 is 0.473 bits per heavy atom. The van der Waals surface area contributed by atoms with Crippen LogP contribution in [0.2, 0.25) is 0 Å². The molecule has 1 saturated heterocycles. The van der Waals surface area contributed by atoms with Gasteiger partial charge in [0.1, 0.15) is 0 Å². The predicted octanol–water partition coefficient (Wildman–Crippen LogP) is 8.02. The van der Waals surface area contributed by atoms with Gasteiger partial charge in [0.05, 0.1) is 0 Å². The summed E-state index contributed by atoms with van der Waals surface area (Å²) in [4.78, 5) is 21.7. The number of anilines is 8. The van der Waals surface area contributed by atoms with E-state index in [2.05, 4.69) is 203 Å². The molecule has 5 aliphatic heterocycles. The topological polar surface area (TPSA) is 38.7 Å². The van der Waals surface area contributed by atoms with Crippen molar-refractivity contribution in [1.29, 1.82) is 0 Å². The molecule has 0 bridgehead atoms. The van der Waals surface area contributed by atoms with Gasteiger partial charge in [-0.2, -0.15) is 0 Å². The summed E-state index contributed by atoms with van der Waals surface area (Å²) in [6.45, 7) is 5.30. The fourth-order valence-corrected chi connectivity index (χ4v) is 30.2. The number of hydrogen-bond donors (Lipinski definition) is 0. The van der Waals surface area contributed by atoms with Gasteiger partial charge >= 0.3 is 326 Å². The summed E-state index contributed by atoms with van der Waals surface area (Å²) in [6.07, 6.45) is -0.0496. The summed E-state index contributed by atoms with van der Waals surface area (Å²) >= 11 is -3.52. The van der Waals surface area contributed by atoms with Gasteiger partial charge in [-0.05, 0) is 0 Å². The first-order valence-corrected chi connectivity index (χ1v) is 23.6. The van der Waals surface area contributed by atoms with Gasteiger partial charge in [-0.3, -0.25) is 0 Å². The van der Waals surface area contributed by atoms with Crippen LogP contribution in [0, 0.1) is 3.57 Å². The molecule has 0 saturated carbocycles. The zero-order valence-electron chi connectivity index (χ0n) is 30.4. The molecule has 6 nitrogen and oxygen atoms in total. The predicted molar refractivity (Wildman–Crippen MR) is 220 cm³/mol. The average Bonchev–Trinajstić information content (AvgIpc) is 3.59. The van der Waals surface area contributed by atoms with Crippen LogP contribution in [0.4, 0.5) is 45.8 Å². The normalized spacial score (nSPS) is 27.2. The third kappa shape index (κ3) is 3.33. The van der Waals surface area contributed by atoms with E-state index in [1.54, 1.807) is 3.57 Å². The molecule has 1 fully saturated rings. The van der Waals surface area contributed by atoms with Gasteiger partial charge in [0, 0.05) is 0 Å². The fourth-order valence-electron chi connectivity index (χ4n) is 11.0. The fraction of sp³-hybridized carbons (Fsp3) is 0.125. The van der Waals surface area contributed by atoms with Gasteiger partial charge in [0.25, 0.3) is 0 Å². The van der Waals surface area contributed by atoms with E-state index >= 15 is 0 Å². The van der Waals surface area contributed by atoms with Gasteiger partial charge in [-0.25, -0.2) is 0 Å². The van der Waals surface area contributed by atoms with Gasteiger partial charge < -0.3 is 0 Å². The summed E-state index contributed by atoms with van der Waals surface area (Å²) < 4.78 is 1.40. The molecule has 0 N–H and O–H groups in total. The van der Waals surface area contributed by atoms with E-state index in [-0.39, 0.29) is 17.2 Å². The molecule has 1 spiro atoms. The summed E-state index contributed by atoms with van der Waals surface area (Å²) in [6, 6.07) is 63.0. The molecular formula is C48H36IN6-. The molecule has 7 heteroatoms. The third-order valence-corrected chi connectivity index (χ3v) is 28.6. The maximum atomic E-state index is 5.49. The van der Waals surface area contributed by atoms with Crippen LogP contribution in [0.1, 0.15) is 19.4 Å². The zero-order chi connectivity index (χ0) is 36.3. The zero-order valence-corrected chi connectivity index (χ0v) is 32.5. The minimum absolute atomic E-state index is 0.0496. The first kappa shape index (κ1) is 30.4. The van der Waals surface area contributed by atoms with E-state index in [1.165, 1.54) is 44.8 Å². The molecule has 8 aromatic rings. The van der Waals surface area contributed by atoms with E-state index < -0.39 is 18.4 Å². The molecule has 0 radical (unpaired) electrons. The average molecular weight is 824 g/mol. The van der Waals surface area contributed by atoms with Crippen LogP contribution >= 0.6 is 0 Å².